The number of halogens is 2. The summed E-state index contributed by atoms with van der Waals surface area (Å²) in [6.45, 7) is 8.37. The summed E-state index contributed by atoms with van der Waals surface area (Å²) in [5.74, 6) is 0.456. The Morgan fingerprint density at radius 1 is 1.06 bits per heavy atom. The van der Waals surface area contributed by atoms with E-state index in [1.54, 1.807) is 0 Å². The second kappa shape index (κ2) is 8.10. The average molecular weight is 436 g/mol. The quantitative estimate of drug-likeness (QED) is 0.777. The molecular weight excluding hydrogens is 400 g/mol. The fourth-order valence-corrected chi connectivity index (χ4v) is 6.11. The highest BCUT2D eigenvalue weighted by Crippen LogP contribution is 2.42. The van der Waals surface area contributed by atoms with E-state index >= 15 is 0 Å². The predicted octanol–water partition coefficient (Wildman–Crippen LogP) is 3.79. The van der Waals surface area contributed by atoms with E-state index in [0.717, 1.165) is 37.1 Å². The molecule has 3 atom stereocenters. The first-order chi connectivity index (χ1) is 14.8. The lowest BCUT2D eigenvalue weighted by atomic mass is 9.93. The summed E-state index contributed by atoms with van der Waals surface area (Å²) in [5, 5.41) is 12.2. The SMILES string of the molecule is CC1(C)C[C@@H](N2C[C@H]3CC(Nc4ccc(N5CCC(F)(F)CC5)nn4)C[C@@H]3C2)CCO1. The van der Waals surface area contributed by atoms with E-state index in [1.165, 1.54) is 25.9 Å². The molecule has 3 saturated heterocycles. The molecule has 3 aliphatic heterocycles. The summed E-state index contributed by atoms with van der Waals surface area (Å²) in [6.07, 6.45) is 4.42. The molecule has 4 aliphatic rings. The Labute approximate surface area is 183 Å². The van der Waals surface area contributed by atoms with Gasteiger partial charge in [-0.25, -0.2) is 8.78 Å². The van der Waals surface area contributed by atoms with Gasteiger partial charge in [-0.3, -0.25) is 4.90 Å². The molecular formula is C23H35F2N5O. The maximum Gasteiger partial charge on any atom is 0.251 e. The minimum absolute atomic E-state index is 0.00457. The van der Waals surface area contributed by atoms with Gasteiger partial charge in [0.25, 0.3) is 5.92 Å². The van der Waals surface area contributed by atoms with Gasteiger partial charge in [0.05, 0.1) is 5.60 Å². The van der Waals surface area contributed by atoms with Gasteiger partial charge in [-0.05, 0) is 63.5 Å². The van der Waals surface area contributed by atoms with Crippen molar-refractivity contribution < 1.29 is 13.5 Å². The molecule has 1 aliphatic carbocycles. The smallest absolute Gasteiger partial charge is 0.251 e. The number of piperidine rings is 1. The molecule has 1 saturated carbocycles. The van der Waals surface area contributed by atoms with Crippen LogP contribution in [0.25, 0.3) is 0 Å². The molecule has 1 aromatic heterocycles. The molecule has 0 bridgehead atoms. The highest BCUT2D eigenvalue weighted by molar-refractivity contribution is 5.44. The van der Waals surface area contributed by atoms with Crippen LogP contribution < -0.4 is 10.2 Å². The number of hydrogen-bond donors (Lipinski definition) is 1. The summed E-state index contributed by atoms with van der Waals surface area (Å²) >= 11 is 0. The van der Waals surface area contributed by atoms with Crippen LogP contribution in [0.4, 0.5) is 20.4 Å². The van der Waals surface area contributed by atoms with Crippen LogP contribution in [0.2, 0.25) is 0 Å². The molecule has 1 aromatic rings. The number of alkyl halides is 2. The number of nitrogens with one attached hydrogen (secondary N) is 1. The van der Waals surface area contributed by atoms with Crippen LogP contribution in [0.1, 0.15) is 52.4 Å². The van der Waals surface area contributed by atoms with Crippen molar-refractivity contribution in [3.63, 3.8) is 0 Å². The van der Waals surface area contributed by atoms with E-state index in [-0.39, 0.29) is 18.4 Å². The fraction of sp³-hybridized carbons (Fsp3) is 0.826. The van der Waals surface area contributed by atoms with Crippen molar-refractivity contribution in [3.05, 3.63) is 12.1 Å². The van der Waals surface area contributed by atoms with Crippen molar-refractivity contribution >= 4 is 11.6 Å². The number of likely N-dealkylation sites (tertiary alicyclic amines) is 1. The number of aromatic nitrogens is 2. The van der Waals surface area contributed by atoms with Crippen LogP contribution >= 0.6 is 0 Å². The molecule has 1 N–H and O–H groups in total. The van der Waals surface area contributed by atoms with Gasteiger partial charge in [-0.1, -0.05) is 0 Å². The topological polar surface area (TPSA) is 53.5 Å². The zero-order chi connectivity index (χ0) is 21.6. The molecule has 8 heteroatoms. The normalized spacial score (nSPS) is 33.4. The number of ether oxygens (including phenoxy) is 1. The number of hydrogen-bond acceptors (Lipinski definition) is 6. The maximum atomic E-state index is 13.4. The summed E-state index contributed by atoms with van der Waals surface area (Å²) in [6, 6.07) is 4.95. The third-order valence-corrected chi connectivity index (χ3v) is 7.79. The first kappa shape index (κ1) is 21.3. The Bertz CT molecular complexity index is 750. The molecule has 0 radical (unpaired) electrons. The van der Waals surface area contributed by atoms with Crippen molar-refractivity contribution in [3.8, 4) is 0 Å². The summed E-state index contributed by atoms with van der Waals surface area (Å²) in [5.41, 5.74) is 0.00457. The molecule has 6 nitrogen and oxygen atoms in total. The zero-order valence-electron chi connectivity index (χ0n) is 18.7. The van der Waals surface area contributed by atoms with Gasteiger partial charge in [0.15, 0.2) is 5.82 Å². The fourth-order valence-electron chi connectivity index (χ4n) is 6.11. The zero-order valence-corrected chi connectivity index (χ0v) is 18.7. The minimum atomic E-state index is -2.54. The van der Waals surface area contributed by atoms with Crippen LogP contribution in [0.15, 0.2) is 12.1 Å². The lowest BCUT2D eigenvalue weighted by Gasteiger charge is -2.40. The Morgan fingerprint density at radius 2 is 1.77 bits per heavy atom. The van der Waals surface area contributed by atoms with E-state index in [9.17, 15) is 8.78 Å². The van der Waals surface area contributed by atoms with E-state index in [2.05, 4.69) is 34.3 Å². The van der Waals surface area contributed by atoms with E-state index in [4.69, 9.17) is 4.74 Å². The molecule has 0 aromatic carbocycles. The Balaban J connectivity index is 1.11. The number of nitrogens with zero attached hydrogens (tertiary/aromatic N) is 4. The Morgan fingerprint density at radius 3 is 2.39 bits per heavy atom. The average Bonchev–Trinajstić information content (AvgIpc) is 3.27. The molecule has 0 amide bonds. The van der Waals surface area contributed by atoms with E-state index < -0.39 is 5.92 Å². The van der Waals surface area contributed by atoms with Gasteiger partial charge in [-0.2, -0.15) is 0 Å². The molecule has 4 heterocycles. The van der Waals surface area contributed by atoms with Crippen molar-refractivity contribution in [1.29, 1.82) is 0 Å². The third kappa shape index (κ3) is 4.80. The Hall–Kier alpha value is -1.54. The van der Waals surface area contributed by atoms with Crippen LogP contribution in [-0.2, 0) is 4.74 Å². The Kier molecular flexibility index (Phi) is 5.57. The number of fused-ring (bicyclic) bond motifs is 1. The lowest BCUT2D eigenvalue weighted by Crippen LogP contribution is -2.45. The van der Waals surface area contributed by atoms with Crippen LogP contribution in [0, 0.1) is 11.8 Å². The first-order valence-electron chi connectivity index (χ1n) is 11.9. The highest BCUT2D eigenvalue weighted by Gasteiger charge is 2.44. The first-order valence-corrected chi connectivity index (χ1v) is 11.9. The van der Waals surface area contributed by atoms with E-state index in [1.807, 2.05) is 17.0 Å². The molecule has 0 spiro atoms. The van der Waals surface area contributed by atoms with Gasteiger partial charge in [0.2, 0.25) is 0 Å². The monoisotopic (exact) mass is 435 g/mol. The van der Waals surface area contributed by atoms with Crippen molar-refractivity contribution in [2.24, 2.45) is 11.8 Å². The van der Waals surface area contributed by atoms with Gasteiger partial charge in [-0.15, -0.1) is 10.2 Å². The predicted molar refractivity (Wildman–Crippen MR) is 117 cm³/mol. The maximum absolute atomic E-state index is 13.4. The van der Waals surface area contributed by atoms with Gasteiger partial charge in [0, 0.05) is 57.7 Å². The van der Waals surface area contributed by atoms with E-state index in [0.29, 0.717) is 31.0 Å². The summed E-state index contributed by atoms with van der Waals surface area (Å²) in [4.78, 5) is 4.62. The van der Waals surface area contributed by atoms with Crippen LogP contribution in [0.3, 0.4) is 0 Å². The van der Waals surface area contributed by atoms with Gasteiger partial charge < -0.3 is 15.0 Å². The minimum Gasteiger partial charge on any atom is -0.375 e. The second-order valence-electron chi connectivity index (χ2n) is 10.7. The third-order valence-electron chi connectivity index (χ3n) is 7.79. The molecule has 172 valence electrons. The van der Waals surface area contributed by atoms with Crippen molar-refractivity contribution in [2.45, 2.75) is 76.0 Å². The van der Waals surface area contributed by atoms with Crippen LogP contribution in [0.5, 0.6) is 0 Å². The highest BCUT2D eigenvalue weighted by atomic mass is 19.3. The molecule has 0 unspecified atom stereocenters. The standard InChI is InChI=1S/C23H35F2N5O/c1-22(2)13-19(5-10-31-22)30-14-16-11-18(12-17(16)15-30)26-20-3-4-21(28-27-20)29-8-6-23(24,25)7-9-29/h3-4,16-19H,5-15H2,1-2H3,(H,26,27)/t16-,17-,19+/m1/s1. The number of anilines is 2. The largest absolute Gasteiger partial charge is 0.375 e. The molecule has 4 fully saturated rings. The molecule has 31 heavy (non-hydrogen) atoms. The lowest BCUT2D eigenvalue weighted by molar-refractivity contribution is -0.0811. The van der Waals surface area contributed by atoms with Gasteiger partial charge in [0.1, 0.15) is 5.82 Å². The second-order valence-corrected chi connectivity index (χ2v) is 10.7. The van der Waals surface area contributed by atoms with Crippen molar-refractivity contribution in [1.82, 2.24) is 15.1 Å². The van der Waals surface area contributed by atoms with Crippen LogP contribution in [-0.4, -0.2) is 71.5 Å². The van der Waals surface area contributed by atoms with Crippen molar-refractivity contribution in [2.75, 3.05) is 43.0 Å². The summed E-state index contributed by atoms with van der Waals surface area (Å²) < 4.78 is 32.6. The number of rotatable bonds is 4. The summed E-state index contributed by atoms with van der Waals surface area (Å²) in [7, 11) is 0. The molecule has 5 rings (SSSR count). The van der Waals surface area contributed by atoms with Gasteiger partial charge >= 0.3 is 0 Å².